The molecule has 18 heteroatoms. The van der Waals surface area contributed by atoms with Crippen LogP contribution in [0.4, 0.5) is 15.3 Å². The van der Waals surface area contributed by atoms with Crippen molar-refractivity contribution in [3.8, 4) is 22.4 Å². The zero-order valence-electron chi connectivity index (χ0n) is 34.8. The highest BCUT2D eigenvalue weighted by Crippen LogP contribution is 2.34. The lowest BCUT2D eigenvalue weighted by Gasteiger charge is -2.30. The molecule has 4 atom stereocenters. The molecule has 3 aromatic carbocycles. The fourth-order valence-electron chi connectivity index (χ4n) is 7.51. The van der Waals surface area contributed by atoms with Gasteiger partial charge < -0.3 is 40.2 Å². The number of rotatable bonds is 11. The molecule has 6 rings (SSSR count). The topological polar surface area (TPSA) is 175 Å². The van der Waals surface area contributed by atoms with Crippen LogP contribution in [0.3, 0.4) is 0 Å². The van der Waals surface area contributed by atoms with E-state index in [0.29, 0.717) is 31.0 Å². The summed E-state index contributed by atoms with van der Waals surface area (Å²) >= 11 is 0. The molecule has 0 unspecified atom stereocenters. The van der Waals surface area contributed by atoms with Gasteiger partial charge in [-0.15, -0.1) is 0 Å². The van der Waals surface area contributed by atoms with Gasteiger partial charge in [0.15, 0.2) is 0 Å². The SMILES string of the molecule is COC(=O)N[C@H](C(=O)N1CC[C@H](C(=O)Nc2ccc3cc(-c4ccc(-c5cnc([C@@H]6CCCN6C(=O)[C@@H](NC(=O)OC)C(C)C)[nH]5)cc4)ccc3c2)C1)C(C)C.S.S.S.S. The minimum absolute atomic E-state index is 0. The molecule has 328 valence electrons. The minimum Gasteiger partial charge on any atom is -0.453 e. The second-order valence-corrected chi connectivity index (χ2v) is 15.2. The summed E-state index contributed by atoms with van der Waals surface area (Å²) in [7, 11) is 2.54. The van der Waals surface area contributed by atoms with Gasteiger partial charge in [0.05, 0.1) is 38.1 Å². The smallest absolute Gasteiger partial charge is 0.407 e. The first kappa shape index (κ1) is 51.6. The van der Waals surface area contributed by atoms with Gasteiger partial charge in [0, 0.05) is 25.3 Å². The molecule has 0 radical (unpaired) electrons. The molecule has 3 heterocycles. The molecule has 0 saturated carbocycles. The summed E-state index contributed by atoms with van der Waals surface area (Å²) in [6.07, 6.45) is 2.65. The number of carbonyl (C=O) groups is 5. The van der Waals surface area contributed by atoms with Crippen molar-refractivity contribution in [3.63, 3.8) is 0 Å². The second kappa shape index (κ2) is 22.9. The quantitative estimate of drug-likeness (QED) is 0.131. The lowest BCUT2D eigenvalue weighted by atomic mass is 9.99. The molecule has 60 heavy (non-hydrogen) atoms. The Bertz CT molecular complexity index is 2100. The molecule has 14 nitrogen and oxygen atoms in total. The van der Waals surface area contributed by atoms with Crippen molar-refractivity contribution in [2.75, 3.05) is 39.2 Å². The molecule has 0 spiro atoms. The van der Waals surface area contributed by atoms with E-state index in [1.165, 1.54) is 14.2 Å². The summed E-state index contributed by atoms with van der Waals surface area (Å²) in [5, 5.41) is 10.3. The number of methoxy groups -OCH3 is 2. The number of amides is 5. The summed E-state index contributed by atoms with van der Waals surface area (Å²) in [4.78, 5) is 75.2. The number of likely N-dealkylation sites (tertiary alicyclic amines) is 2. The van der Waals surface area contributed by atoms with E-state index in [9.17, 15) is 24.0 Å². The molecule has 2 aliphatic rings. The normalized spacial score (nSPS) is 16.7. The van der Waals surface area contributed by atoms with Crippen LogP contribution in [0.1, 0.15) is 58.8 Å². The maximum absolute atomic E-state index is 13.5. The van der Waals surface area contributed by atoms with Gasteiger partial charge in [-0.25, -0.2) is 14.6 Å². The molecule has 0 bridgehead atoms. The largest absolute Gasteiger partial charge is 0.453 e. The zero-order valence-corrected chi connectivity index (χ0v) is 38.8. The Hall–Kier alpha value is -4.52. The van der Waals surface area contributed by atoms with E-state index in [0.717, 1.165) is 46.0 Å². The van der Waals surface area contributed by atoms with E-state index < -0.39 is 24.3 Å². The first-order chi connectivity index (χ1) is 26.9. The number of carbonyl (C=O) groups excluding carboxylic acids is 5. The molecule has 2 saturated heterocycles. The lowest BCUT2D eigenvalue weighted by Crippen LogP contribution is -2.51. The van der Waals surface area contributed by atoms with Crippen LogP contribution in [0.5, 0.6) is 0 Å². The van der Waals surface area contributed by atoms with Crippen LogP contribution in [0, 0.1) is 17.8 Å². The van der Waals surface area contributed by atoms with Crippen molar-refractivity contribution in [1.29, 1.82) is 0 Å². The Kier molecular flexibility index (Phi) is 19.7. The number of aromatic amines is 1. The summed E-state index contributed by atoms with van der Waals surface area (Å²) in [5.74, 6) is -0.414. The Labute approximate surface area is 379 Å². The average molecular weight is 902 g/mol. The zero-order chi connectivity index (χ0) is 40.1. The van der Waals surface area contributed by atoms with E-state index in [4.69, 9.17) is 4.74 Å². The molecular weight excluding hydrogens is 843 g/mol. The average Bonchev–Trinajstić information content (AvgIpc) is 4.00. The molecule has 4 N–H and O–H groups in total. The lowest BCUT2D eigenvalue weighted by molar-refractivity contribution is -0.135. The van der Waals surface area contributed by atoms with Gasteiger partial charge in [-0.2, -0.15) is 54.0 Å². The van der Waals surface area contributed by atoms with Crippen molar-refractivity contribution in [2.45, 2.75) is 65.1 Å². The summed E-state index contributed by atoms with van der Waals surface area (Å²) in [6.45, 7) is 8.80. The van der Waals surface area contributed by atoms with Crippen LogP contribution >= 0.6 is 54.0 Å². The third kappa shape index (κ3) is 11.9. The predicted octanol–water partition coefficient (Wildman–Crippen LogP) is 6.56. The Morgan fingerprint density at radius 3 is 1.90 bits per heavy atom. The molecule has 1 aromatic heterocycles. The van der Waals surface area contributed by atoms with Crippen LogP contribution in [0.2, 0.25) is 0 Å². The van der Waals surface area contributed by atoms with E-state index in [1.807, 2.05) is 64.1 Å². The monoisotopic (exact) mass is 901 g/mol. The number of nitrogens with zero attached hydrogens (tertiary/aromatic N) is 3. The molecule has 2 fully saturated rings. The highest BCUT2D eigenvalue weighted by Gasteiger charge is 2.38. The number of H-pyrrole nitrogens is 1. The maximum Gasteiger partial charge on any atom is 0.407 e. The Morgan fingerprint density at radius 2 is 1.28 bits per heavy atom. The number of benzene rings is 3. The van der Waals surface area contributed by atoms with Gasteiger partial charge in [-0.1, -0.05) is 70.2 Å². The molecule has 2 aliphatic heterocycles. The number of fused-ring (bicyclic) bond motifs is 1. The number of alkyl carbamates (subject to hydrolysis) is 2. The minimum atomic E-state index is -0.728. The van der Waals surface area contributed by atoms with Gasteiger partial charge in [0.2, 0.25) is 17.7 Å². The number of hydrogen-bond donors (Lipinski definition) is 4. The Morgan fingerprint density at radius 1 is 0.717 bits per heavy atom. The van der Waals surface area contributed by atoms with Crippen molar-refractivity contribution >= 4 is 100 Å². The van der Waals surface area contributed by atoms with Gasteiger partial charge in [-0.05, 0) is 76.8 Å². The van der Waals surface area contributed by atoms with Crippen molar-refractivity contribution in [1.82, 2.24) is 30.4 Å². The van der Waals surface area contributed by atoms with Crippen molar-refractivity contribution in [3.05, 3.63) is 72.7 Å². The van der Waals surface area contributed by atoms with E-state index >= 15 is 0 Å². The van der Waals surface area contributed by atoms with E-state index in [1.54, 1.807) is 16.0 Å². The standard InChI is InChI=1S/C42H51N7O7.4H2S/c1-24(2)35(46-41(53)55-5)39(51)48-19-17-31(23-48)38(50)44-32-16-15-29-20-28(13-14-30(29)21-32)26-9-11-27(12-10-26)33-22-43-37(45-33)34-8-7-18-49(34)40(52)36(25(3)4)47-42(54)56-6;;;;/h9-16,20-22,24-25,31,34-36H,7-8,17-19,23H2,1-6H3,(H,43,45)(H,44,50)(H,46,53)(H,47,54);4*1H2/t31-,34-,35-,36-;;;;/m0..../s1. The fourth-order valence-corrected chi connectivity index (χ4v) is 7.51. The number of anilines is 1. The summed E-state index contributed by atoms with van der Waals surface area (Å²) < 4.78 is 9.43. The van der Waals surface area contributed by atoms with Gasteiger partial charge >= 0.3 is 12.2 Å². The summed E-state index contributed by atoms with van der Waals surface area (Å²) in [5.41, 5.74) is 4.57. The van der Waals surface area contributed by atoms with E-state index in [2.05, 4.69) is 54.9 Å². The highest BCUT2D eigenvalue weighted by atomic mass is 32.1. The first-order valence-corrected chi connectivity index (χ1v) is 19.2. The number of hydrogen-bond acceptors (Lipinski definition) is 8. The van der Waals surface area contributed by atoms with Crippen LogP contribution in [0.15, 0.2) is 66.9 Å². The van der Waals surface area contributed by atoms with Crippen LogP contribution in [-0.4, -0.2) is 95.6 Å². The van der Waals surface area contributed by atoms with Gasteiger partial charge in [0.1, 0.15) is 17.9 Å². The van der Waals surface area contributed by atoms with Crippen molar-refractivity contribution < 1.29 is 33.4 Å². The summed E-state index contributed by atoms with van der Waals surface area (Å²) in [6, 6.07) is 18.6. The molecule has 5 amide bonds. The molecule has 4 aromatic rings. The number of ether oxygens (including phenoxy) is 2. The number of aromatic nitrogens is 2. The molecular formula is C42H59N7O7S4. The van der Waals surface area contributed by atoms with Crippen LogP contribution < -0.4 is 16.0 Å². The van der Waals surface area contributed by atoms with Crippen LogP contribution in [0.25, 0.3) is 33.2 Å². The van der Waals surface area contributed by atoms with Gasteiger partial charge in [-0.3, -0.25) is 14.4 Å². The van der Waals surface area contributed by atoms with E-state index in [-0.39, 0.29) is 102 Å². The number of imidazole rings is 1. The Balaban J connectivity index is 0.00000310. The van der Waals surface area contributed by atoms with Crippen molar-refractivity contribution in [2.24, 2.45) is 17.8 Å². The predicted molar refractivity (Wildman–Crippen MR) is 254 cm³/mol. The van der Waals surface area contributed by atoms with Crippen LogP contribution in [-0.2, 0) is 23.9 Å². The third-order valence-corrected chi connectivity index (χ3v) is 10.7. The third-order valence-electron chi connectivity index (χ3n) is 10.7. The molecule has 0 aliphatic carbocycles. The fraction of sp³-hybridized carbons (Fsp3) is 0.429. The first-order valence-electron chi connectivity index (χ1n) is 19.2. The second-order valence-electron chi connectivity index (χ2n) is 15.2. The van der Waals surface area contributed by atoms with Gasteiger partial charge in [0.25, 0.3) is 0 Å². The maximum atomic E-state index is 13.5. The number of nitrogens with one attached hydrogen (secondary N) is 4. The highest BCUT2D eigenvalue weighted by molar-refractivity contribution is 7.59.